The van der Waals surface area contributed by atoms with Gasteiger partial charge >= 0.3 is 6.03 Å². The smallest absolute Gasteiger partial charge is 0.270 e. The third kappa shape index (κ3) is 4.44. The summed E-state index contributed by atoms with van der Waals surface area (Å²) in [4.78, 5) is 11.9. The molecule has 2 amide bonds. The van der Waals surface area contributed by atoms with Crippen LogP contribution in [-0.4, -0.2) is 32.5 Å². The molecule has 116 valence electrons. The Morgan fingerprint density at radius 3 is 2.33 bits per heavy atom. The van der Waals surface area contributed by atoms with E-state index < -0.39 is 16.1 Å². The monoisotopic (exact) mass is 311 g/mol. The number of hydrogen-bond donors (Lipinski definition) is 2. The first-order valence-corrected chi connectivity index (χ1v) is 8.50. The molecule has 0 atom stereocenters. The molecule has 0 bridgehead atoms. The van der Waals surface area contributed by atoms with Gasteiger partial charge in [-0.15, -0.1) is 0 Å². The number of amides is 2. The Balaban J connectivity index is 1.93. The molecular formula is C14H21N3O3S. The number of piperidine rings is 1. The first kappa shape index (κ1) is 15.8. The molecule has 1 saturated heterocycles. The van der Waals surface area contributed by atoms with Gasteiger partial charge in [-0.1, -0.05) is 24.6 Å². The summed E-state index contributed by atoms with van der Waals surface area (Å²) in [7, 11) is -3.83. The van der Waals surface area contributed by atoms with E-state index in [0.29, 0.717) is 5.92 Å². The molecule has 1 aromatic carbocycles. The van der Waals surface area contributed by atoms with Crippen molar-refractivity contribution < 1.29 is 13.2 Å². The van der Waals surface area contributed by atoms with Gasteiger partial charge in [-0.2, -0.15) is 0 Å². The highest BCUT2D eigenvalue weighted by molar-refractivity contribution is 7.90. The van der Waals surface area contributed by atoms with Crippen LogP contribution in [0.4, 0.5) is 4.79 Å². The van der Waals surface area contributed by atoms with Gasteiger partial charge in [0.1, 0.15) is 0 Å². The summed E-state index contributed by atoms with van der Waals surface area (Å²) in [6.07, 6.45) is 1.98. The fourth-order valence-corrected chi connectivity index (χ4v) is 3.09. The Hall–Kier alpha value is -1.60. The van der Waals surface area contributed by atoms with E-state index in [1.54, 1.807) is 17.1 Å². The Morgan fingerprint density at radius 1 is 1.19 bits per heavy atom. The number of nitrogens with one attached hydrogen (secondary N) is 2. The molecule has 1 aromatic rings. The van der Waals surface area contributed by atoms with Crippen LogP contribution >= 0.6 is 0 Å². The van der Waals surface area contributed by atoms with Crippen molar-refractivity contribution in [2.45, 2.75) is 31.6 Å². The summed E-state index contributed by atoms with van der Waals surface area (Å²) in [6.45, 7) is 5.51. The lowest BCUT2D eigenvalue weighted by molar-refractivity contribution is 0.137. The van der Waals surface area contributed by atoms with E-state index in [2.05, 4.69) is 12.3 Å². The minimum atomic E-state index is -3.83. The summed E-state index contributed by atoms with van der Waals surface area (Å²) in [5.41, 5.74) is 3.54. The van der Waals surface area contributed by atoms with E-state index in [0.717, 1.165) is 31.5 Å². The maximum absolute atomic E-state index is 12.1. The lowest BCUT2D eigenvalue weighted by Crippen LogP contribution is -2.51. The van der Waals surface area contributed by atoms with Gasteiger partial charge in [0.25, 0.3) is 10.0 Å². The molecule has 1 heterocycles. The van der Waals surface area contributed by atoms with Crippen LogP contribution < -0.4 is 10.1 Å². The highest BCUT2D eigenvalue weighted by Gasteiger charge is 2.21. The van der Waals surface area contributed by atoms with E-state index in [1.165, 1.54) is 12.1 Å². The number of carbonyl (C=O) groups excluding carboxylic acids is 1. The average Bonchev–Trinajstić information content (AvgIpc) is 2.41. The summed E-state index contributed by atoms with van der Waals surface area (Å²) in [5.74, 6) is 0.641. The van der Waals surface area contributed by atoms with Gasteiger partial charge in [0, 0.05) is 13.1 Å². The second-order valence-electron chi connectivity index (χ2n) is 5.53. The molecule has 1 aliphatic rings. The summed E-state index contributed by atoms with van der Waals surface area (Å²) < 4.78 is 26.1. The Labute approximate surface area is 125 Å². The van der Waals surface area contributed by atoms with E-state index >= 15 is 0 Å². The first-order valence-electron chi connectivity index (χ1n) is 7.02. The minimum absolute atomic E-state index is 0.0792. The predicted molar refractivity (Wildman–Crippen MR) is 80.0 cm³/mol. The Morgan fingerprint density at radius 2 is 1.76 bits per heavy atom. The van der Waals surface area contributed by atoms with Crippen LogP contribution in [0.15, 0.2) is 29.2 Å². The second-order valence-corrected chi connectivity index (χ2v) is 7.21. The number of nitrogens with zero attached hydrogens (tertiary/aromatic N) is 1. The summed E-state index contributed by atoms with van der Waals surface area (Å²) >= 11 is 0. The number of aryl methyl sites for hydroxylation is 1. The molecule has 0 saturated carbocycles. The van der Waals surface area contributed by atoms with E-state index in [4.69, 9.17) is 0 Å². The molecular weight excluding hydrogens is 290 g/mol. The molecule has 0 aromatic heterocycles. The maximum atomic E-state index is 12.1. The van der Waals surface area contributed by atoms with Crippen LogP contribution in [0.25, 0.3) is 0 Å². The molecule has 0 spiro atoms. The SMILES string of the molecule is Cc1ccc(S(=O)(=O)NC(=O)NN2CCC(C)CC2)cc1. The van der Waals surface area contributed by atoms with Gasteiger partial charge < -0.3 is 0 Å². The van der Waals surface area contributed by atoms with Gasteiger partial charge in [0.15, 0.2) is 0 Å². The largest absolute Gasteiger partial charge is 0.343 e. The van der Waals surface area contributed by atoms with E-state index in [-0.39, 0.29) is 4.90 Å². The van der Waals surface area contributed by atoms with Crippen LogP contribution in [0.3, 0.4) is 0 Å². The lowest BCUT2D eigenvalue weighted by Gasteiger charge is -2.30. The van der Waals surface area contributed by atoms with Crippen molar-refractivity contribution in [3.63, 3.8) is 0 Å². The van der Waals surface area contributed by atoms with E-state index in [1.807, 2.05) is 11.6 Å². The van der Waals surface area contributed by atoms with Gasteiger partial charge in [0.05, 0.1) is 4.90 Å². The van der Waals surface area contributed by atoms with Crippen molar-refractivity contribution >= 4 is 16.1 Å². The first-order chi connectivity index (χ1) is 9.87. The van der Waals surface area contributed by atoms with Gasteiger partial charge in [-0.3, -0.25) is 5.43 Å². The van der Waals surface area contributed by atoms with Crippen molar-refractivity contribution in [1.82, 2.24) is 15.2 Å². The number of sulfonamides is 1. The third-order valence-corrected chi connectivity index (χ3v) is 4.95. The van der Waals surface area contributed by atoms with Crippen LogP contribution in [0.2, 0.25) is 0 Å². The predicted octanol–water partition coefficient (Wildman–Crippen LogP) is 1.63. The molecule has 1 fully saturated rings. The van der Waals surface area contributed by atoms with Crippen molar-refractivity contribution in [2.24, 2.45) is 5.92 Å². The van der Waals surface area contributed by atoms with Crippen molar-refractivity contribution in [2.75, 3.05) is 13.1 Å². The lowest BCUT2D eigenvalue weighted by atomic mass is 10.0. The minimum Gasteiger partial charge on any atom is -0.270 e. The summed E-state index contributed by atoms with van der Waals surface area (Å²) in [5, 5.41) is 1.75. The number of hydrogen-bond acceptors (Lipinski definition) is 4. The molecule has 2 N–H and O–H groups in total. The Kier molecular flexibility index (Phi) is 4.84. The molecule has 0 unspecified atom stereocenters. The van der Waals surface area contributed by atoms with Crippen LogP contribution in [0.5, 0.6) is 0 Å². The zero-order chi connectivity index (χ0) is 15.5. The van der Waals surface area contributed by atoms with Crippen molar-refractivity contribution in [3.05, 3.63) is 29.8 Å². The van der Waals surface area contributed by atoms with Gasteiger partial charge in [-0.25, -0.2) is 22.9 Å². The number of hydrazine groups is 1. The average molecular weight is 311 g/mol. The highest BCUT2D eigenvalue weighted by atomic mass is 32.2. The number of carbonyl (C=O) groups is 1. The normalized spacial score (nSPS) is 17.4. The molecule has 0 aliphatic carbocycles. The fraction of sp³-hybridized carbons (Fsp3) is 0.500. The maximum Gasteiger partial charge on any atom is 0.343 e. The fourth-order valence-electron chi connectivity index (χ4n) is 2.19. The van der Waals surface area contributed by atoms with Gasteiger partial charge in [0.2, 0.25) is 0 Å². The number of rotatable bonds is 3. The molecule has 1 aliphatic heterocycles. The highest BCUT2D eigenvalue weighted by Crippen LogP contribution is 2.14. The quantitative estimate of drug-likeness (QED) is 0.889. The van der Waals surface area contributed by atoms with Crippen molar-refractivity contribution in [3.8, 4) is 0 Å². The zero-order valence-electron chi connectivity index (χ0n) is 12.3. The molecule has 0 radical (unpaired) electrons. The topological polar surface area (TPSA) is 78.5 Å². The second kappa shape index (κ2) is 6.44. The summed E-state index contributed by atoms with van der Waals surface area (Å²) in [6, 6.07) is 5.63. The zero-order valence-corrected chi connectivity index (χ0v) is 13.1. The van der Waals surface area contributed by atoms with Crippen LogP contribution in [-0.2, 0) is 10.0 Å². The van der Waals surface area contributed by atoms with Crippen LogP contribution in [0, 0.1) is 12.8 Å². The van der Waals surface area contributed by atoms with Gasteiger partial charge in [-0.05, 0) is 37.8 Å². The third-order valence-electron chi connectivity index (χ3n) is 3.60. The molecule has 6 nitrogen and oxygen atoms in total. The molecule has 21 heavy (non-hydrogen) atoms. The number of benzene rings is 1. The van der Waals surface area contributed by atoms with Crippen molar-refractivity contribution in [1.29, 1.82) is 0 Å². The Bertz CT molecular complexity index is 590. The number of urea groups is 1. The molecule has 7 heteroatoms. The van der Waals surface area contributed by atoms with Crippen LogP contribution in [0.1, 0.15) is 25.3 Å². The van der Waals surface area contributed by atoms with E-state index in [9.17, 15) is 13.2 Å². The standard InChI is InChI=1S/C14H21N3O3S/c1-11-3-5-13(6-4-11)21(19,20)16-14(18)15-17-9-7-12(2)8-10-17/h3-6,12H,7-10H2,1-2H3,(H2,15,16,18). The molecule has 2 rings (SSSR count).